The Balaban J connectivity index is 2.66. The van der Waals surface area contributed by atoms with E-state index in [0.717, 1.165) is 26.0 Å². The van der Waals surface area contributed by atoms with Crippen LogP contribution in [0.2, 0.25) is 0 Å². The Morgan fingerprint density at radius 2 is 1.81 bits per heavy atom. The van der Waals surface area contributed by atoms with Crippen LogP contribution in [0.25, 0.3) is 0 Å². The Hall–Kier alpha value is -0.900. The summed E-state index contributed by atoms with van der Waals surface area (Å²) in [7, 11) is 1.75. The molecule has 0 spiro atoms. The van der Waals surface area contributed by atoms with Crippen LogP contribution in [0.1, 0.15) is 57.7 Å². The van der Waals surface area contributed by atoms with Gasteiger partial charge >= 0.3 is 0 Å². The molecule has 0 aliphatic heterocycles. The number of methoxy groups -OCH3 is 1. The summed E-state index contributed by atoms with van der Waals surface area (Å²) in [5, 5.41) is 3.65. The minimum Gasteiger partial charge on any atom is -0.383 e. The minimum absolute atomic E-state index is 0.203. The Morgan fingerprint density at radius 3 is 2.29 bits per heavy atom. The predicted octanol–water partition coefficient (Wildman–Crippen LogP) is 3.39. The smallest absolute Gasteiger partial charge is 0.0616 e. The predicted molar refractivity (Wildman–Crippen MR) is 90.6 cm³/mol. The van der Waals surface area contributed by atoms with Gasteiger partial charge in [0.05, 0.1) is 6.61 Å². The molecule has 2 atom stereocenters. The molecular formula is C18H32N2O. The summed E-state index contributed by atoms with van der Waals surface area (Å²) in [4.78, 5) is 0. The first kappa shape index (κ1) is 18.1. The third-order valence-electron chi connectivity index (χ3n) is 3.89. The fourth-order valence-electron chi connectivity index (χ4n) is 2.50. The SMILES string of the molecule is COCC(CCCN)NC(C)c1ccc(C(C)(C)C)cc1. The van der Waals surface area contributed by atoms with Crippen LogP contribution >= 0.6 is 0 Å². The lowest BCUT2D eigenvalue weighted by atomic mass is 9.86. The minimum atomic E-state index is 0.203. The van der Waals surface area contributed by atoms with Crippen LogP contribution in [0.5, 0.6) is 0 Å². The quantitative estimate of drug-likeness (QED) is 0.772. The van der Waals surface area contributed by atoms with E-state index >= 15 is 0 Å². The van der Waals surface area contributed by atoms with Crippen molar-refractivity contribution in [1.29, 1.82) is 0 Å². The molecule has 1 aromatic carbocycles. The molecule has 0 aromatic heterocycles. The van der Waals surface area contributed by atoms with Crippen molar-refractivity contribution >= 4 is 0 Å². The first-order valence-electron chi connectivity index (χ1n) is 7.94. The molecule has 120 valence electrons. The van der Waals surface area contributed by atoms with E-state index in [9.17, 15) is 0 Å². The molecule has 0 amide bonds. The van der Waals surface area contributed by atoms with Crippen molar-refractivity contribution in [1.82, 2.24) is 5.32 Å². The number of nitrogens with one attached hydrogen (secondary N) is 1. The van der Waals surface area contributed by atoms with Gasteiger partial charge < -0.3 is 15.8 Å². The van der Waals surface area contributed by atoms with Crippen molar-refractivity contribution in [3.63, 3.8) is 0 Å². The maximum absolute atomic E-state index is 5.60. The molecule has 0 saturated carbocycles. The summed E-state index contributed by atoms with van der Waals surface area (Å²) in [5.74, 6) is 0. The van der Waals surface area contributed by atoms with Gasteiger partial charge in [-0.3, -0.25) is 0 Å². The van der Waals surface area contributed by atoms with Crippen molar-refractivity contribution in [2.24, 2.45) is 5.73 Å². The first-order valence-corrected chi connectivity index (χ1v) is 7.94. The van der Waals surface area contributed by atoms with Crippen LogP contribution in [-0.4, -0.2) is 26.3 Å². The van der Waals surface area contributed by atoms with Gasteiger partial charge in [-0.25, -0.2) is 0 Å². The van der Waals surface area contributed by atoms with Crippen molar-refractivity contribution in [2.45, 2.75) is 58.0 Å². The lowest BCUT2D eigenvalue weighted by molar-refractivity contribution is 0.156. The highest BCUT2D eigenvalue weighted by Crippen LogP contribution is 2.24. The van der Waals surface area contributed by atoms with Crippen LogP contribution in [0.3, 0.4) is 0 Å². The molecule has 0 aliphatic rings. The highest BCUT2D eigenvalue weighted by Gasteiger charge is 2.16. The second kappa shape index (κ2) is 8.52. The van der Waals surface area contributed by atoms with E-state index in [0.29, 0.717) is 12.1 Å². The number of rotatable bonds is 8. The second-order valence-electron chi connectivity index (χ2n) is 6.84. The molecule has 21 heavy (non-hydrogen) atoms. The van der Waals surface area contributed by atoms with E-state index in [2.05, 4.69) is 57.3 Å². The molecule has 3 heteroatoms. The molecule has 0 radical (unpaired) electrons. The summed E-state index contributed by atoms with van der Waals surface area (Å²) < 4.78 is 5.30. The molecule has 3 nitrogen and oxygen atoms in total. The molecule has 1 aromatic rings. The van der Waals surface area contributed by atoms with Crippen LogP contribution in [0.15, 0.2) is 24.3 Å². The summed E-state index contributed by atoms with van der Waals surface area (Å²) in [6.07, 6.45) is 2.07. The van der Waals surface area contributed by atoms with Gasteiger partial charge in [0.2, 0.25) is 0 Å². The maximum atomic E-state index is 5.60. The Morgan fingerprint density at radius 1 is 1.19 bits per heavy atom. The Kier molecular flexibility index (Phi) is 7.36. The number of hydrogen-bond donors (Lipinski definition) is 2. The van der Waals surface area contributed by atoms with Crippen LogP contribution in [0.4, 0.5) is 0 Å². The molecule has 0 saturated heterocycles. The van der Waals surface area contributed by atoms with Gasteiger partial charge in [0.15, 0.2) is 0 Å². The molecule has 0 bridgehead atoms. The number of ether oxygens (including phenoxy) is 1. The normalized spacial score (nSPS) is 15.0. The molecule has 3 N–H and O–H groups in total. The fourth-order valence-corrected chi connectivity index (χ4v) is 2.50. The third kappa shape index (κ3) is 6.16. The van der Waals surface area contributed by atoms with Gasteiger partial charge in [0.25, 0.3) is 0 Å². The average Bonchev–Trinajstić information content (AvgIpc) is 2.44. The van der Waals surface area contributed by atoms with E-state index in [1.165, 1.54) is 11.1 Å². The van der Waals surface area contributed by atoms with Crippen LogP contribution in [-0.2, 0) is 10.2 Å². The van der Waals surface area contributed by atoms with Gasteiger partial charge in [-0.05, 0) is 42.9 Å². The topological polar surface area (TPSA) is 47.3 Å². The molecule has 1 rings (SSSR count). The number of nitrogens with two attached hydrogens (primary N) is 1. The van der Waals surface area contributed by atoms with E-state index in [1.54, 1.807) is 7.11 Å². The number of hydrogen-bond acceptors (Lipinski definition) is 3. The highest BCUT2D eigenvalue weighted by molar-refractivity contribution is 5.29. The molecule has 0 heterocycles. The molecule has 0 aliphatic carbocycles. The van der Waals surface area contributed by atoms with Gasteiger partial charge in [0, 0.05) is 19.2 Å². The number of benzene rings is 1. The van der Waals surface area contributed by atoms with Crippen molar-refractivity contribution < 1.29 is 4.74 Å². The van der Waals surface area contributed by atoms with Crippen molar-refractivity contribution in [3.05, 3.63) is 35.4 Å². The maximum Gasteiger partial charge on any atom is 0.0616 e. The standard InChI is InChI=1S/C18H32N2O/c1-14(20-17(13-21-5)7-6-12-19)15-8-10-16(11-9-15)18(2,3)4/h8-11,14,17,20H,6-7,12-13,19H2,1-5H3. The van der Waals surface area contributed by atoms with Crippen LogP contribution in [0, 0.1) is 0 Å². The summed E-state index contributed by atoms with van der Waals surface area (Å²) >= 11 is 0. The highest BCUT2D eigenvalue weighted by atomic mass is 16.5. The monoisotopic (exact) mass is 292 g/mol. The zero-order valence-corrected chi connectivity index (χ0v) is 14.3. The van der Waals surface area contributed by atoms with Gasteiger partial charge in [-0.2, -0.15) is 0 Å². The lowest BCUT2D eigenvalue weighted by Crippen LogP contribution is -2.35. The van der Waals surface area contributed by atoms with Gasteiger partial charge in [-0.15, -0.1) is 0 Å². The third-order valence-corrected chi connectivity index (χ3v) is 3.89. The molecule has 0 fully saturated rings. The van der Waals surface area contributed by atoms with Gasteiger partial charge in [0.1, 0.15) is 0 Å². The average molecular weight is 292 g/mol. The van der Waals surface area contributed by atoms with Crippen LogP contribution < -0.4 is 11.1 Å². The summed E-state index contributed by atoms with van der Waals surface area (Å²) in [6.45, 7) is 10.4. The Bertz CT molecular complexity index is 395. The zero-order valence-electron chi connectivity index (χ0n) is 14.3. The molecular weight excluding hydrogens is 260 g/mol. The zero-order chi connectivity index (χ0) is 15.9. The largest absolute Gasteiger partial charge is 0.383 e. The molecule has 2 unspecified atom stereocenters. The lowest BCUT2D eigenvalue weighted by Gasteiger charge is -2.24. The summed E-state index contributed by atoms with van der Waals surface area (Å²) in [5.41, 5.74) is 8.49. The van der Waals surface area contributed by atoms with Crippen molar-refractivity contribution in [2.75, 3.05) is 20.3 Å². The van der Waals surface area contributed by atoms with E-state index in [4.69, 9.17) is 10.5 Å². The van der Waals surface area contributed by atoms with E-state index in [-0.39, 0.29) is 5.41 Å². The first-order chi connectivity index (χ1) is 9.88. The van der Waals surface area contributed by atoms with Gasteiger partial charge in [-0.1, -0.05) is 45.0 Å². The fraction of sp³-hybridized carbons (Fsp3) is 0.667. The summed E-state index contributed by atoms with van der Waals surface area (Å²) in [6, 6.07) is 9.60. The van der Waals surface area contributed by atoms with E-state index in [1.807, 2.05) is 0 Å². The van der Waals surface area contributed by atoms with Crippen molar-refractivity contribution in [3.8, 4) is 0 Å². The van der Waals surface area contributed by atoms with E-state index < -0.39 is 0 Å². The Labute approximate surface area is 130 Å². The second-order valence-corrected chi connectivity index (χ2v) is 6.84.